The Hall–Kier alpha value is -2.51. The van der Waals surface area contributed by atoms with Crippen LogP contribution in [0, 0.1) is 0 Å². The highest BCUT2D eigenvalue weighted by Crippen LogP contribution is 2.18. The maximum Gasteiger partial charge on any atom is 0.259 e. The van der Waals surface area contributed by atoms with E-state index in [0.717, 1.165) is 16.7 Å². The Bertz CT molecular complexity index is 887. The molecule has 0 spiro atoms. The first-order valence-corrected chi connectivity index (χ1v) is 8.50. The van der Waals surface area contributed by atoms with Crippen LogP contribution in [0.3, 0.4) is 0 Å². The lowest BCUT2D eigenvalue weighted by molar-refractivity contribution is 0.578. The number of imidazole rings is 1. The van der Waals surface area contributed by atoms with Gasteiger partial charge in [0.2, 0.25) is 0 Å². The van der Waals surface area contributed by atoms with Crippen molar-refractivity contribution in [3.05, 3.63) is 66.9 Å². The molecule has 23 heavy (non-hydrogen) atoms. The van der Waals surface area contributed by atoms with Crippen molar-refractivity contribution in [2.45, 2.75) is 11.6 Å². The largest absolute Gasteiger partial charge is 0.339 e. The molecule has 118 valence electrons. The minimum absolute atomic E-state index is 0.0204. The van der Waals surface area contributed by atoms with Gasteiger partial charge in [-0.2, -0.15) is 0 Å². The number of nitrogens with zero attached hydrogens (tertiary/aromatic N) is 3. The zero-order valence-electron chi connectivity index (χ0n) is 12.5. The van der Waals surface area contributed by atoms with Gasteiger partial charge in [0.25, 0.3) is 10.0 Å². The summed E-state index contributed by atoms with van der Waals surface area (Å²) in [6.45, 7) is 0.215. The van der Waals surface area contributed by atoms with E-state index in [1.54, 1.807) is 24.0 Å². The Morgan fingerprint density at radius 3 is 2.52 bits per heavy atom. The molecule has 6 nitrogen and oxygen atoms in total. The van der Waals surface area contributed by atoms with Crippen molar-refractivity contribution in [2.24, 2.45) is 7.05 Å². The number of hydrogen-bond acceptors (Lipinski definition) is 4. The van der Waals surface area contributed by atoms with E-state index in [4.69, 9.17) is 0 Å². The fourth-order valence-electron chi connectivity index (χ4n) is 2.13. The molecule has 0 fully saturated rings. The van der Waals surface area contributed by atoms with E-state index < -0.39 is 10.0 Å². The first-order valence-electron chi connectivity index (χ1n) is 7.01. The predicted molar refractivity (Wildman–Crippen MR) is 86.9 cm³/mol. The molecule has 3 aromatic rings. The van der Waals surface area contributed by atoms with E-state index >= 15 is 0 Å². The number of nitrogens with one attached hydrogen (secondary N) is 1. The fraction of sp³-hybridized carbons (Fsp3) is 0.125. The summed E-state index contributed by atoms with van der Waals surface area (Å²) in [6, 6.07) is 11.5. The second kappa shape index (κ2) is 6.31. The van der Waals surface area contributed by atoms with Gasteiger partial charge in [-0.1, -0.05) is 30.3 Å². The van der Waals surface area contributed by atoms with Crippen molar-refractivity contribution < 1.29 is 8.42 Å². The third-order valence-electron chi connectivity index (χ3n) is 3.37. The lowest BCUT2D eigenvalue weighted by Gasteiger charge is -2.06. The first-order chi connectivity index (χ1) is 11.0. The predicted octanol–water partition coefficient (Wildman–Crippen LogP) is 1.96. The normalized spacial score (nSPS) is 11.5. The van der Waals surface area contributed by atoms with Crippen LogP contribution in [0.5, 0.6) is 0 Å². The second-order valence-electron chi connectivity index (χ2n) is 5.14. The Labute approximate surface area is 134 Å². The zero-order chi connectivity index (χ0) is 16.3. The smallest absolute Gasteiger partial charge is 0.259 e. The number of hydrogen-bond donors (Lipinski definition) is 1. The summed E-state index contributed by atoms with van der Waals surface area (Å²) in [5, 5.41) is 0.0204. The fourth-order valence-corrected chi connectivity index (χ4v) is 3.12. The monoisotopic (exact) mass is 328 g/mol. The minimum atomic E-state index is -3.59. The van der Waals surface area contributed by atoms with Gasteiger partial charge in [-0.25, -0.2) is 18.1 Å². The van der Waals surface area contributed by atoms with Crippen molar-refractivity contribution in [3.8, 4) is 11.1 Å². The molecule has 0 aliphatic rings. The van der Waals surface area contributed by atoms with Gasteiger partial charge in [-0.15, -0.1) is 0 Å². The van der Waals surface area contributed by atoms with E-state index in [9.17, 15) is 8.42 Å². The molecular weight excluding hydrogens is 312 g/mol. The summed E-state index contributed by atoms with van der Waals surface area (Å²) in [5.41, 5.74) is 2.93. The van der Waals surface area contributed by atoms with Gasteiger partial charge in [0.1, 0.15) is 0 Å². The van der Waals surface area contributed by atoms with Crippen molar-refractivity contribution in [1.82, 2.24) is 19.3 Å². The minimum Gasteiger partial charge on any atom is -0.339 e. The summed E-state index contributed by atoms with van der Waals surface area (Å²) in [6.07, 6.45) is 6.44. The van der Waals surface area contributed by atoms with Crippen LogP contribution in [0.25, 0.3) is 11.1 Å². The highest BCUT2D eigenvalue weighted by Gasteiger charge is 2.16. The third kappa shape index (κ3) is 3.64. The molecule has 0 aliphatic carbocycles. The summed E-state index contributed by atoms with van der Waals surface area (Å²) in [4.78, 5) is 7.95. The Morgan fingerprint density at radius 1 is 1.13 bits per heavy atom. The van der Waals surface area contributed by atoms with Crippen LogP contribution in [0.4, 0.5) is 0 Å². The average molecular weight is 328 g/mol. The first kappa shape index (κ1) is 15.4. The van der Waals surface area contributed by atoms with Gasteiger partial charge < -0.3 is 4.57 Å². The number of aromatic nitrogens is 3. The van der Waals surface area contributed by atoms with Crippen LogP contribution in [0.1, 0.15) is 5.56 Å². The van der Waals surface area contributed by atoms with Gasteiger partial charge in [-0.3, -0.25) is 4.98 Å². The Morgan fingerprint density at radius 2 is 1.91 bits per heavy atom. The average Bonchev–Trinajstić information content (AvgIpc) is 3.02. The van der Waals surface area contributed by atoms with Crippen molar-refractivity contribution >= 4 is 10.0 Å². The topological polar surface area (TPSA) is 76.9 Å². The molecule has 0 bridgehead atoms. The molecule has 0 amide bonds. The molecule has 1 aromatic carbocycles. The van der Waals surface area contributed by atoms with Gasteiger partial charge >= 0.3 is 0 Å². The van der Waals surface area contributed by atoms with Crippen molar-refractivity contribution in [3.63, 3.8) is 0 Å². The standard InChI is InChI=1S/C16H16N4O2S/c1-20-11-16(18-12-20)23(21,22)19-9-13-4-6-14(7-5-13)15-3-2-8-17-10-15/h2-8,10-12,19H,9H2,1H3. The molecule has 0 saturated heterocycles. The number of benzene rings is 1. The summed E-state index contributed by atoms with van der Waals surface area (Å²) < 4.78 is 28.4. The maximum absolute atomic E-state index is 12.1. The summed E-state index contributed by atoms with van der Waals surface area (Å²) in [5.74, 6) is 0. The van der Waals surface area contributed by atoms with E-state index in [-0.39, 0.29) is 11.6 Å². The lowest BCUT2D eigenvalue weighted by Crippen LogP contribution is -2.23. The van der Waals surface area contributed by atoms with Crippen LogP contribution in [0.15, 0.2) is 66.3 Å². The highest BCUT2D eigenvalue weighted by molar-refractivity contribution is 7.89. The Balaban J connectivity index is 1.69. The number of rotatable bonds is 5. The second-order valence-corrected chi connectivity index (χ2v) is 6.85. The molecular formula is C16H16N4O2S. The van der Waals surface area contributed by atoms with Crippen molar-refractivity contribution in [2.75, 3.05) is 0 Å². The summed E-state index contributed by atoms with van der Waals surface area (Å²) in [7, 11) is -1.87. The van der Waals surface area contributed by atoms with Gasteiger partial charge in [0.15, 0.2) is 5.03 Å². The lowest BCUT2D eigenvalue weighted by atomic mass is 10.1. The molecule has 0 unspecified atom stereocenters. The van der Waals surface area contributed by atoms with Gasteiger partial charge in [0.05, 0.1) is 6.33 Å². The van der Waals surface area contributed by atoms with Crippen LogP contribution >= 0.6 is 0 Å². The van der Waals surface area contributed by atoms with Gasteiger partial charge in [0, 0.05) is 32.2 Å². The molecule has 0 radical (unpaired) electrons. The zero-order valence-corrected chi connectivity index (χ0v) is 13.4. The van der Waals surface area contributed by atoms with E-state index in [1.165, 1.54) is 12.5 Å². The molecule has 2 heterocycles. The molecule has 0 aliphatic heterocycles. The molecule has 7 heteroatoms. The summed E-state index contributed by atoms with van der Waals surface area (Å²) >= 11 is 0. The molecule has 2 aromatic heterocycles. The van der Waals surface area contributed by atoms with Crippen molar-refractivity contribution in [1.29, 1.82) is 0 Å². The number of sulfonamides is 1. The van der Waals surface area contributed by atoms with Crippen LogP contribution in [-0.4, -0.2) is 23.0 Å². The SMILES string of the molecule is Cn1cnc(S(=O)(=O)NCc2ccc(-c3cccnc3)cc2)c1. The van der Waals surface area contributed by atoms with Crippen LogP contribution < -0.4 is 4.72 Å². The highest BCUT2D eigenvalue weighted by atomic mass is 32.2. The van der Waals surface area contributed by atoms with Crippen LogP contribution in [-0.2, 0) is 23.6 Å². The molecule has 0 atom stereocenters. The van der Waals surface area contributed by atoms with Crippen LogP contribution in [0.2, 0.25) is 0 Å². The molecule has 1 N–H and O–H groups in total. The van der Waals surface area contributed by atoms with E-state index in [1.807, 2.05) is 36.4 Å². The molecule has 3 rings (SSSR count). The molecule has 0 saturated carbocycles. The Kier molecular flexibility index (Phi) is 4.22. The quantitative estimate of drug-likeness (QED) is 0.777. The maximum atomic E-state index is 12.1. The van der Waals surface area contributed by atoms with E-state index in [0.29, 0.717) is 0 Å². The number of aryl methyl sites for hydroxylation is 1. The number of pyridine rings is 1. The van der Waals surface area contributed by atoms with E-state index in [2.05, 4.69) is 14.7 Å². The third-order valence-corrected chi connectivity index (χ3v) is 4.66. The van der Waals surface area contributed by atoms with Gasteiger partial charge in [-0.05, 0) is 22.8 Å².